The maximum atomic E-state index is 4.36. The Morgan fingerprint density at radius 2 is 1.92 bits per heavy atom. The Hall–Kier alpha value is -0.670. The standard InChI is InChI=1S/C10H16N2S/c1-8(12(2)3)11-9-6-4-5-7-10(9)13/h4-8,11,13H,1-3H3. The van der Waals surface area contributed by atoms with Crippen LogP contribution < -0.4 is 5.32 Å². The molecule has 3 heteroatoms. The molecule has 0 spiro atoms. The highest BCUT2D eigenvalue weighted by Gasteiger charge is 2.04. The lowest BCUT2D eigenvalue weighted by molar-refractivity contribution is 0.343. The molecule has 1 atom stereocenters. The van der Waals surface area contributed by atoms with Crippen LogP contribution in [0, 0.1) is 0 Å². The van der Waals surface area contributed by atoms with Crippen molar-refractivity contribution in [2.45, 2.75) is 18.0 Å². The topological polar surface area (TPSA) is 15.3 Å². The van der Waals surface area contributed by atoms with Crippen LogP contribution in [0.3, 0.4) is 0 Å². The quantitative estimate of drug-likeness (QED) is 0.569. The van der Waals surface area contributed by atoms with Crippen LogP contribution >= 0.6 is 12.6 Å². The van der Waals surface area contributed by atoms with Gasteiger partial charge >= 0.3 is 0 Å². The number of anilines is 1. The van der Waals surface area contributed by atoms with Crippen molar-refractivity contribution in [3.8, 4) is 0 Å². The predicted molar refractivity (Wildman–Crippen MR) is 60.5 cm³/mol. The Balaban J connectivity index is 2.69. The third kappa shape index (κ3) is 2.94. The van der Waals surface area contributed by atoms with Gasteiger partial charge in [-0.05, 0) is 33.2 Å². The van der Waals surface area contributed by atoms with Crippen LogP contribution in [-0.2, 0) is 0 Å². The maximum absolute atomic E-state index is 4.36. The molecule has 0 aliphatic heterocycles. The van der Waals surface area contributed by atoms with Crippen LogP contribution in [0.5, 0.6) is 0 Å². The molecule has 0 bridgehead atoms. The fourth-order valence-electron chi connectivity index (χ4n) is 0.950. The number of thiol groups is 1. The van der Waals surface area contributed by atoms with Crippen molar-refractivity contribution in [1.29, 1.82) is 0 Å². The first-order chi connectivity index (χ1) is 6.11. The summed E-state index contributed by atoms with van der Waals surface area (Å²) in [7, 11) is 4.08. The van der Waals surface area contributed by atoms with Gasteiger partial charge in [0.05, 0.1) is 6.17 Å². The Morgan fingerprint density at radius 3 is 2.46 bits per heavy atom. The van der Waals surface area contributed by atoms with Crippen molar-refractivity contribution in [3.05, 3.63) is 24.3 Å². The molecule has 1 aromatic carbocycles. The van der Waals surface area contributed by atoms with Crippen LogP contribution in [0.2, 0.25) is 0 Å². The summed E-state index contributed by atoms with van der Waals surface area (Å²) in [4.78, 5) is 3.09. The lowest BCUT2D eigenvalue weighted by atomic mass is 10.3. The molecule has 0 fully saturated rings. The number of hydrogen-bond donors (Lipinski definition) is 2. The second kappa shape index (κ2) is 4.53. The maximum Gasteiger partial charge on any atom is 0.0759 e. The summed E-state index contributed by atoms with van der Waals surface area (Å²) >= 11 is 4.36. The first kappa shape index (κ1) is 10.4. The van der Waals surface area contributed by atoms with E-state index >= 15 is 0 Å². The molecule has 0 amide bonds. The molecule has 0 heterocycles. The van der Waals surface area contributed by atoms with Gasteiger partial charge in [-0.25, -0.2) is 0 Å². The van der Waals surface area contributed by atoms with E-state index in [1.165, 1.54) is 0 Å². The van der Waals surface area contributed by atoms with Crippen molar-refractivity contribution in [3.63, 3.8) is 0 Å². The number of nitrogens with one attached hydrogen (secondary N) is 1. The van der Waals surface area contributed by atoms with Crippen molar-refractivity contribution >= 4 is 18.3 Å². The second-order valence-electron chi connectivity index (χ2n) is 3.30. The lowest BCUT2D eigenvalue weighted by Crippen LogP contribution is -2.32. The van der Waals surface area contributed by atoms with E-state index in [-0.39, 0.29) is 0 Å². The van der Waals surface area contributed by atoms with Crippen molar-refractivity contribution in [1.82, 2.24) is 4.90 Å². The Labute approximate surface area is 85.4 Å². The number of benzene rings is 1. The van der Waals surface area contributed by atoms with Gasteiger partial charge < -0.3 is 5.32 Å². The van der Waals surface area contributed by atoms with E-state index < -0.39 is 0 Å². The molecule has 0 saturated heterocycles. The molecular weight excluding hydrogens is 180 g/mol. The van der Waals surface area contributed by atoms with Crippen LogP contribution in [0.4, 0.5) is 5.69 Å². The van der Waals surface area contributed by atoms with Crippen LogP contribution in [0.15, 0.2) is 29.2 Å². The van der Waals surface area contributed by atoms with Crippen molar-refractivity contribution in [2.24, 2.45) is 0 Å². The van der Waals surface area contributed by atoms with Crippen LogP contribution in [0.1, 0.15) is 6.92 Å². The minimum Gasteiger partial charge on any atom is -0.369 e. The highest BCUT2D eigenvalue weighted by molar-refractivity contribution is 7.80. The fourth-order valence-corrected chi connectivity index (χ4v) is 1.17. The average molecular weight is 196 g/mol. The zero-order valence-electron chi connectivity index (χ0n) is 8.28. The summed E-state index contributed by atoms with van der Waals surface area (Å²) in [6, 6.07) is 7.99. The van der Waals surface area contributed by atoms with Gasteiger partial charge in [0.15, 0.2) is 0 Å². The summed E-state index contributed by atoms with van der Waals surface area (Å²) in [5.41, 5.74) is 1.08. The van der Waals surface area contributed by atoms with Crippen LogP contribution in [-0.4, -0.2) is 25.2 Å². The lowest BCUT2D eigenvalue weighted by Gasteiger charge is -2.22. The third-order valence-corrected chi connectivity index (χ3v) is 2.43. The predicted octanol–water partition coefficient (Wildman–Crippen LogP) is 2.29. The molecule has 1 aromatic rings. The van der Waals surface area contributed by atoms with E-state index in [4.69, 9.17) is 0 Å². The van der Waals surface area contributed by atoms with Crippen molar-refractivity contribution < 1.29 is 0 Å². The number of rotatable bonds is 3. The fraction of sp³-hybridized carbons (Fsp3) is 0.400. The Morgan fingerprint density at radius 1 is 1.31 bits per heavy atom. The highest BCUT2D eigenvalue weighted by Crippen LogP contribution is 2.19. The molecule has 72 valence electrons. The summed E-state index contributed by atoms with van der Waals surface area (Å²) in [5, 5.41) is 3.36. The first-order valence-corrected chi connectivity index (χ1v) is 4.77. The third-order valence-electron chi connectivity index (χ3n) is 2.04. The molecular formula is C10H16N2S. The number of para-hydroxylation sites is 1. The minimum absolute atomic E-state index is 0.313. The summed E-state index contributed by atoms with van der Waals surface area (Å²) < 4.78 is 0. The molecule has 0 aliphatic carbocycles. The van der Waals surface area contributed by atoms with Gasteiger partial charge in [0, 0.05) is 10.6 Å². The van der Waals surface area contributed by atoms with E-state index in [0.29, 0.717) is 6.17 Å². The molecule has 0 aromatic heterocycles. The molecule has 1 rings (SSSR count). The van der Waals surface area contributed by atoms with Gasteiger partial charge in [0.2, 0.25) is 0 Å². The van der Waals surface area contributed by atoms with E-state index in [1.807, 2.05) is 38.4 Å². The molecule has 0 radical (unpaired) electrons. The number of hydrogen-bond acceptors (Lipinski definition) is 3. The Bertz CT molecular complexity index is 273. The van der Waals surface area contributed by atoms with Gasteiger partial charge in [-0.3, -0.25) is 4.90 Å². The van der Waals surface area contributed by atoms with Gasteiger partial charge in [-0.15, -0.1) is 12.6 Å². The first-order valence-electron chi connectivity index (χ1n) is 4.32. The summed E-state index contributed by atoms with van der Waals surface area (Å²) in [6.07, 6.45) is 0.313. The minimum atomic E-state index is 0.313. The normalized spacial score (nSPS) is 13.0. The zero-order chi connectivity index (χ0) is 9.84. The Kier molecular flexibility index (Phi) is 3.63. The van der Waals surface area contributed by atoms with Gasteiger partial charge in [0.1, 0.15) is 0 Å². The van der Waals surface area contributed by atoms with Crippen molar-refractivity contribution in [2.75, 3.05) is 19.4 Å². The molecule has 2 nitrogen and oxygen atoms in total. The molecule has 0 aliphatic rings. The van der Waals surface area contributed by atoms with Gasteiger partial charge in [-0.1, -0.05) is 12.1 Å². The second-order valence-corrected chi connectivity index (χ2v) is 3.78. The average Bonchev–Trinajstić information content (AvgIpc) is 2.08. The molecule has 1 unspecified atom stereocenters. The highest BCUT2D eigenvalue weighted by atomic mass is 32.1. The van der Waals surface area contributed by atoms with Gasteiger partial charge in [-0.2, -0.15) is 0 Å². The van der Waals surface area contributed by atoms with Gasteiger partial charge in [0.25, 0.3) is 0 Å². The largest absolute Gasteiger partial charge is 0.369 e. The zero-order valence-corrected chi connectivity index (χ0v) is 9.18. The molecule has 1 N–H and O–H groups in total. The number of nitrogens with zero attached hydrogens (tertiary/aromatic N) is 1. The van der Waals surface area contributed by atoms with E-state index in [1.54, 1.807) is 0 Å². The monoisotopic (exact) mass is 196 g/mol. The molecule has 0 saturated carbocycles. The molecule has 13 heavy (non-hydrogen) atoms. The summed E-state index contributed by atoms with van der Waals surface area (Å²) in [6.45, 7) is 2.11. The van der Waals surface area contributed by atoms with E-state index in [0.717, 1.165) is 10.6 Å². The van der Waals surface area contributed by atoms with E-state index in [9.17, 15) is 0 Å². The van der Waals surface area contributed by atoms with E-state index in [2.05, 4.69) is 29.8 Å². The SMILES string of the molecule is CC(Nc1ccccc1S)N(C)C. The summed E-state index contributed by atoms with van der Waals surface area (Å²) in [5.74, 6) is 0. The smallest absolute Gasteiger partial charge is 0.0759 e. The van der Waals surface area contributed by atoms with Crippen LogP contribution in [0.25, 0.3) is 0 Å².